The van der Waals surface area contributed by atoms with Crippen molar-refractivity contribution in [2.45, 2.75) is 52.2 Å². The first-order chi connectivity index (χ1) is 13.1. The lowest BCUT2D eigenvalue weighted by atomic mass is 9.96. The molecule has 3 rings (SSSR count). The van der Waals surface area contributed by atoms with Crippen LogP contribution in [0.25, 0.3) is 0 Å². The summed E-state index contributed by atoms with van der Waals surface area (Å²) in [6.07, 6.45) is 0.675. The Morgan fingerprint density at radius 2 is 1.89 bits per heavy atom. The topological polar surface area (TPSA) is 105 Å². The molecule has 8 nitrogen and oxygen atoms in total. The van der Waals surface area contributed by atoms with Crippen molar-refractivity contribution in [3.8, 4) is 0 Å². The summed E-state index contributed by atoms with van der Waals surface area (Å²) in [5.74, 6) is -1.62. The second kappa shape index (κ2) is 7.26. The summed E-state index contributed by atoms with van der Waals surface area (Å²) in [4.78, 5) is 50.1. The van der Waals surface area contributed by atoms with Gasteiger partial charge >= 0.3 is 12.0 Å². The van der Waals surface area contributed by atoms with Crippen LogP contribution >= 0.6 is 0 Å². The van der Waals surface area contributed by atoms with E-state index >= 15 is 0 Å². The Labute approximate surface area is 163 Å². The molecule has 2 atom stereocenters. The SMILES string of the molecule is Cc1cccc(C)c1NC(=O)[C@H](C)OC(=O)CN1C(=O)N[C@@](C)(C2CC2)C1=O. The number of benzene rings is 1. The Bertz CT molecular complexity index is 828. The fourth-order valence-electron chi connectivity index (χ4n) is 3.45. The van der Waals surface area contributed by atoms with Gasteiger partial charge in [-0.25, -0.2) is 4.79 Å². The van der Waals surface area contributed by atoms with E-state index in [0.29, 0.717) is 5.69 Å². The number of rotatable bonds is 6. The minimum absolute atomic E-state index is 0.104. The summed E-state index contributed by atoms with van der Waals surface area (Å²) < 4.78 is 5.14. The molecule has 1 saturated carbocycles. The van der Waals surface area contributed by atoms with Gasteiger partial charge in [-0.2, -0.15) is 0 Å². The molecule has 0 bridgehead atoms. The van der Waals surface area contributed by atoms with Crippen molar-refractivity contribution in [1.29, 1.82) is 0 Å². The third kappa shape index (κ3) is 3.72. The van der Waals surface area contributed by atoms with Crippen LogP contribution < -0.4 is 10.6 Å². The van der Waals surface area contributed by atoms with Crippen LogP contribution in [0.3, 0.4) is 0 Å². The zero-order chi connectivity index (χ0) is 20.6. The molecule has 1 aromatic rings. The molecule has 0 aromatic heterocycles. The zero-order valence-electron chi connectivity index (χ0n) is 16.5. The summed E-state index contributed by atoms with van der Waals surface area (Å²) in [5.41, 5.74) is 1.50. The first kappa shape index (κ1) is 19.9. The second-order valence-electron chi connectivity index (χ2n) is 7.69. The summed E-state index contributed by atoms with van der Waals surface area (Å²) >= 11 is 0. The monoisotopic (exact) mass is 387 g/mol. The van der Waals surface area contributed by atoms with Gasteiger partial charge in [-0.05, 0) is 57.6 Å². The van der Waals surface area contributed by atoms with Crippen molar-refractivity contribution in [2.75, 3.05) is 11.9 Å². The number of urea groups is 1. The van der Waals surface area contributed by atoms with Crippen LogP contribution in [0.4, 0.5) is 10.5 Å². The van der Waals surface area contributed by atoms with Crippen LogP contribution in [0.5, 0.6) is 0 Å². The Kier molecular flexibility index (Phi) is 5.14. The predicted octanol–water partition coefficient (Wildman–Crippen LogP) is 1.89. The Balaban J connectivity index is 1.58. The van der Waals surface area contributed by atoms with Gasteiger partial charge < -0.3 is 15.4 Å². The minimum Gasteiger partial charge on any atom is -0.451 e. The smallest absolute Gasteiger partial charge is 0.327 e. The number of ether oxygens (including phenoxy) is 1. The second-order valence-corrected chi connectivity index (χ2v) is 7.69. The fourth-order valence-corrected chi connectivity index (χ4v) is 3.45. The molecule has 1 saturated heterocycles. The summed E-state index contributed by atoms with van der Waals surface area (Å²) in [6, 6.07) is 5.02. The van der Waals surface area contributed by atoms with Crippen molar-refractivity contribution >= 4 is 29.5 Å². The molecule has 28 heavy (non-hydrogen) atoms. The van der Waals surface area contributed by atoms with Gasteiger partial charge in [0.25, 0.3) is 11.8 Å². The van der Waals surface area contributed by atoms with Crippen molar-refractivity contribution in [3.63, 3.8) is 0 Å². The molecular weight excluding hydrogens is 362 g/mol. The maximum atomic E-state index is 12.5. The third-order valence-electron chi connectivity index (χ3n) is 5.39. The Morgan fingerprint density at radius 3 is 2.46 bits per heavy atom. The number of esters is 1. The normalized spacial score (nSPS) is 22.6. The maximum absolute atomic E-state index is 12.5. The molecule has 2 fully saturated rings. The highest BCUT2D eigenvalue weighted by molar-refractivity contribution is 6.09. The summed E-state index contributed by atoms with van der Waals surface area (Å²) in [7, 11) is 0. The lowest BCUT2D eigenvalue weighted by Crippen LogP contribution is -2.46. The van der Waals surface area contributed by atoms with Crippen molar-refractivity contribution in [3.05, 3.63) is 29.3 Å². The number of imide groups is 1. The lowest BCUT2D eigenvalue weighted by molar-refractivity contribution is -0.155. The van der Waals surface area contributed by atoms with E-state index < -0.39 is 42.0 Å². The fraction of sp³-hybridized carbons (Fsp3) is 0.500. The first-order valence-electron chi connectivity index (χ1n) is 9.34. The molecule has 2 aliphatic rings. The molecule has 0 unspecified atom stereocenters. The lowest BCUT2D eigenvalue weighted by Gasteiger charge is -2.21. The van der Waals surface area contributed by atoms with E-state index in [2.05, 4.69) is 10.6 Å². The van der Waals surface area contributed by atoms with E-state index in [0.717, 1.165) is 28.9 Å². The average Bonchev–Trinajstić information content (AvgIpc) is 3.44. The van der Waals surface area contributed by atoms with Crippen molar-refractivity contribution in [2.24, 2.45) is 5.92 Å². The standard InChI is InChI=1S/C20H25N3O5/c1-11-6-5-7-12(2)16(11)21-17(25)13(3)28-15(24)10-23-18(26)20(4,14-8-9-14)22-19(23)27/h5-7,13-14H,8-10H2,1-4H3,(H,21,25)(H,22,27)/t13-,20-/m0/s1. The van der Waals surface area contributed by atoms with Crippen LogP contribution in [0.15, 0.2) is 18.2 Å². The van der Waals surface area contributed by atoms with E-state index in [4.69, 9.17) is 4.74 Å². The van der Waals surface area contributed by atoms with Gasteiger partial charge in [0.2, 0.25) is 0 Å². The average molecular weight is 387 g/mol. The minimum atomic E-state index is -1.07. The van der Waals surface area contributed by atoms with Gasteiger partial charge in [-0.3, -0.25) is 19.3 Å². The van der Waals surface area contributed by atoms with Crippen molar-refractivity contribution < 1.29 is 23.9 Å². The van der Waals surface area contributed by atoms with Crippen molar-refractivity contribution in [1.82, 2.24) is 10.2 Å². The van der Waals surface area contributed by atoms with Gasteiger partial charge in [0.05, 0.1) is 0 Å². The van der Waals surface area contributed by atoms with E-state index in [9.17, 15) is 19.2 Å². The van der Waals surface area contributed by atoms with E-state index in [1.165, 1.54) is 6.92 Å². The van der Waals surface area contributed by atoms with Gasteiger partial charge in [0.1, 0.15) is 12.1 Å². The highest BCUT2D eigenvalue weighted by Crippen LogP contribution is 2.42. The summed E-state index contributed by atoms with van der Waals surface area (Å²) in [5, 5.41) is 5.42. The number of carbonyl (C=O) groups excluding carboxylic acids is 4. The van der Waals surface area contributed by atoms with Crippen LogP contribution in [0.1, 0.15) is 37.8 Å². The van der Waals surface area contributed by atoms with Gasteiger partial charge in [-0.15, -0.1) is 0 Å². The Morgan fingerprint density at radius 1 is 1.29 bits per heavy atom. The van der Waals surface area contributed by atoms with E-state index in [1.807, 2.05) is 32.0 Å². The first-order valence-corrected chi connectivity index (χ1v) is 9.34. The Hall–Kier alpha value is -2.90. The molecule has 2 N–H and O–H groups in total. The van der Waals surface area contributed by atoms with Crippen LogP contribution in [-0.2, 0) is 19.1 Å². The van der Waals surface area contributed by atoms with Gasteiger partial charge in [0, 0.05) is 5.69 Å². The number of hydrogen-bond acceptors (Lipinski definition) is 5. The largest absolute Gasteiger partial charge is 0.451 e. The maximum Gasteiger partial charge on any atom is 0.327 e. The number of para-hydroxylation sites is 1. The molecule has 150 valence electrons. The van der Waals surface area contributed by atoms with Gasteiger partial charge in [-0.1, -0.05) is 18.2 Å². The van der Waals surface area contributed by atoms with Gasteiger partial charge in [0.15, 0.2) is 6.10 Å². The molecule has 1 aliphatic carbocycles. The molecule has 1 aliphatic heterocycles. The predicted molar refractivity (Wildman–Crippen MR) is 101 cm³/mol. The number of hydrogen-bond donors (Lipinski definition) is 2. The van der Waals surface area contributed by atoms with Crippen LogP contribution in [-0.4, -0.2) is 46.9 Å². The third-order valence-corrected chi connectivity index (χ3v) is 5.39. The zero-order valence-corrected chi connectivity index (χ0v) is 16.5. The summed E-state index contributed by atoms with van der Waals surface area (Å²) in [6.45, 7) is 6.34. The quantitative estimate of drug-likeness (QED) is 0.573. The van der Waals surface area contributed by atoms with E-state index in [1.54, 1.807) is 6.92 Å². The highest BCUT2D eigenvalue weighted by atomic mass is 16.5. The molecule has 1 heterocycles. The van der Waals surface area contributed by atoms with Crippen LogP contribution in [0.2, 0.25) is 0 Å². The number of nitrogens with one attached hydrogen (secondary N) is 2. The number of nitrogens with zero attached hydrogens (tertiary/aromatic N) is 1. The number of aryl methyl sites for hydroxylation is 2. The molecule has 0 spiro atoms. The molecule has 1 aromatic carbocycles. The molecular formula is C20H25N3O5. The highest BCUT2D eigenvalue weighted by Gasteiger charge is 2.56. The number of amides is 4. The molecule has 0 radical (unpaired) electrons. The number of carbonyl (C=O) groups is 4. The van der Waals surface area contributed by atoms with Crippen LogP contribution in [0, 0.1) is 19.8 Å². The number of anilines is 1. The van der Waals surface area contributed by atoms with E-state index in [-0.39, 0.29) is 5.92 Å². The molecule has 4 amide bonds. The molecule has 8 heteroatoms.